The van der Waals surface area contributed by atoms with Crippen LogP contribution in [0.5, 0.6) is 0 Å². The average molecular weight is 422 g/mol. The number of aryl methyl sites for hydroxylation is 3. The molecule has 0 aliphatic heterocycles. The Hall–Kier alpha value is -1.89. The van der Waals surface area contributed by atoms with Gasteiger partial charge in [0.05, 0.1) is 0 Å². The number of halogens is 1. The normalized spacial score (nSPS) is 10.3. The molecule has 0 saturated heterocycles. The Labute approximate surface area is 149 Å². The van der Waals surface area contributed by atoms with Gasteiger partial charge in [-0.1, -0.05) is 25.1 Å². The summed E-state index contributed by atoms with van der Waals surface area (Å²) in [6.45, 7) is 5.82. The van der Waals surface area contributed by atoms with Crippen LogP contribution in [0.4, 0.5) is 11.4 Å². The van der Waals surface area contributed by atoms with Crippen molar-refractivity contribution in [2.75, 3.05) is 10.6 Å². The van der Waals surface area contributed by atoms with Crippen molar-refractivity contribution < 1.29 is 9.59 Å². The smallest absolute Gasteiger partial charge is 0.314 e. The Morgan fingerprint density at radius 1 is 1.00 bits per heavy atom. The summed E-state index contributed by atoms with van der Waals surface area (Å²) in [6, 6.07) is 11.4. The van der Waals surface area contributed by atoms with E-state index < -0.39 is 11.8 Å². The summed E-state index contributed by atoms with van der Waals surface area (Å²) < 4.78 is 1.08. The largest absolute Gasteiger partial charge is 0.318 e. The summed E-state index contributed by atoms with van der Waals surface area (Å²) in [6.07, 6.45) is 0.787. The van der Waals surface area contributed by atoms with Gasteiger partial charge in [-0.2, -0.15) is 0 Å². The monoisotopic (exact) mass is 422 g/mol. The first-order valence-electron chi connectivity index (χ1n) is 7.39. The zero-order valence-electron chi connectivity index (χ0n) is 13.4. The summed E-state index contributed by atoms with van der Waals surface area (Å²) in [5, 5.41) is 5.39. The van der Waals surface area contributed by atoms with Gasteiger partial charge in [0, 0.05) is 14.9 Å². The minimum atomic E-state index is -0.667. The van der Waals surface area contributed by atoms with E-state index in [4.69, 9.17) is 0 Å². The van der Waals surface area contributed by atoms with Crippen LogP contribution in [0, 0.1) is 17.4 Å². The molecule has 2 N–H and O–H groups in total. The zero-order valence-corrected chi connectivity index (χ0v) is 15.5. The van der Waals surface area contributed by atoms with Gasteiger partial charge < -0.3 is 10.6 Å². The molecule has 0 fully saturated rings. The SMILES string of the molecule is CCc1cccc(C)c1NC(=O)C(=O)Nc1ccc(I)cc1C. The molecule has 0 bridgehead atoms. The highest BCUT2D eigenvalue weighted by atomic mass is 127. The summed E-state index contributed by atoms with van der Waals surface area (Å²) in [7, 11) is 0. The number of amides is 2. The van der Waals surface area contributed by atoms with Crippen molar-refractivity contribution in [2.24, 2.45) is 0 Å². The van der Waals surface area contributed by atoms with E-state index >= 15 is 0 Å². The lowest BCUT2D eigenvalue weighted by atomic mass is 10.1. The van der Waals surface area contributed by atoms with Crippen molar-refractivity contribution in [2.45, 2.75) is 27.2 Å². The molecule has 2 rings (SSSR count). The Kier molecular flexibility index (Phi) is 5.76. The Balaban J connectivity index is 2.13. The van der Waals surface area contributed by atoms with Crippen LogP contribution in [0.25, 0.3) is 0 Å². The predicted octanol–water partition coefficient (Wildman–Crippen LogP) is 4.05. The molecule has 2 aromatic carbocycles. The van der Waals surface area contributed by atoms with E-state index in [1.165, 1.54) is 0 Å². The van der Waals surface area contributed by atoms with E-state index in [0.29, 0.717) is 5.69 Å². The molecule has 5 heteroatoms. The van der Waals surface area contributed by atoms with E-state index in [0.717, 1.165) is 32.4 Å². The van der Waals surface area contributed by atoms with Crippen LogP contribution in [-0.4, -0.2) is 11.8 Å². The Morgan fingerprint density at radius 2 is 1.70 bits per heavy atom. The van der Waals surface area contributed by atoms with E-state index in [-0.39, 0.29) is 0 Å². The fourth-order valence-electron chi connectivity index (χ4n) is 2.32. The molecule has 0 heterocycles. The van der Waals surface area contributed by atoms with Gasteiger partial charge in [0.2, 0.25) is 0 Å². The van der Waals surface area contributed by atoms with Crippen molar-refractivity contribution in [3.05, 3.63) is 56.7 Å². The molecule has 0 unspecified atom stereocenters. The molecule has 23 heavy (non-hydrogen) atoms. The van der Waals surface area contributed by atoms with Gasteiger partial charge in [-0.25, -0.2) is 0 Å². The number of nitrogens with one attached hydrogen (secondary N) is 2. The molecule has 0 aromatic heterocycles. The maximum Gasteiger partial charge on any atom is 0.314 e. The number of carbonyl (C=O) groups is 2. The van der Waals surface area contributed by atoms with Crippen LogP contribution >= 0.6 is 22.6 Å². The standard InChI is InChI=1S/C18H19IN2O2/c1-4-13-7-5-6-11(2)16(13)21-18(23)17(22)20-15-9-8-14(19)10-12(15)3/h5-10H,4H2,1-3H3,(H,20,22)(H,21,23). The van der Waals surface area contributed by atoms with Crippen molar-refractivity contribution in [1.82, 2.24) is 0 Å². The first-order valence-corrected chi connectivity index (χ1v) is 8.47. The van der Waals surface area contributed by atoms with Crippen LogP contribution in [0.15, 0.2) is 36.4 Å². The fraction of sp³-hybridized carbons (Fsp3) is 0.222. The zero-order chi connectivity index (χ0) is 17.0. The molecule has 120 valence electrons. The van der Waals surface area contributed by atoms with Gasteiger partial charge in [-0.05, 0) is 77.7 Å². The van der Waals surface area contributed by atoms with Gasteiger partial charge in [0.25, 0.3) is 0 Å². The molecule has 0 saturated carbocycles. The third kappa shape index (κ3) is 4.31. The molecule has 0 aliphatic carbocycles. The van der Waals surface area contributed by atoms with E-state index in [1.54, 1.807) is 6.07 Å². The molecule has 2 aromatic rings. The van der Waals surface area contributed by atoms with Crippen LogP contribution < -0.4 is 10.6 Å². The summed E-state index contributed by atoms with van der Waals surface area (Å²) in [5.41, 5.74) is 4.23. The van der Waals surface area contributed by atoms with Gasteiger partial charge in [-0.15, -0.1) is 0 Å². The minimum absolute atomic E-state index is 0.645. The highest BCUT2D eigenvalue weighted by Gasteiger charge is 2.17. The molecule has 4 nitrogen and oxygen atoms in total. The van der Waals surface area contributed by atoms with Gasteiger partial charge >= 0.3 is 11.8 Å². The number of carbonyl (C=O) groups excluding carboxylic acids is 2. The second kappa shape index (κ2) is 7.59. The fourth-order valence-corrected chi connectivity index (χ4v) is 2.97. The number of anilines is 2. The minimum Gasteiger partial charge on any atom is -0.318 e. The van der Waals surface area contributed by atoms with Crippen molar-refractivity contribution in [3.8, 4) is 0 Å². The lowest BCUT2D eigenvalue weighted by molar-refractivity contribution is -0.133. The molecular formula is C18H19IN2O2. The van der Waals surface area contributed by atoms with E-state index in [1.807, 2.05) is 51.1 Å². The average Bonchev–Trinajstić information content (AvgIpc) is 2.51. The highest BCUT2D eigenvalue weighted by molar-refractivity contribution is 14.1. The molecular weight excluding hydrogens is 403 g/mol. The van der Waals surface area contributed by atoms with Gasteiger partial charge in [-0.3, -0.25) is 9.59 Å². The van der Waals surface area contributed by atoms with Crippen LogP contribution in [0.2, 0.25) is 0 Å². The molecule has 0 atom stereocenters. The number of hydrogen-bond acceptors (Lipinski definition) is 2. The van der Waals surface area contributed by atoms with Crippen molar-refractivity contribution in [1.29, 1.82) is 0 Å². The first-order chi connectivity index (χ1) is 10.9. The Bertz CT molecular complexity index is 757. The maximum absolute atomic E-state index is 12.2. The third-order valence-electron chi connectivity index (χ3n) is 3.62. The number of para-hydroxylation sites is 1. The lowest BCUT2D eigenvalue weighted by Gasteiger charge is -2.13. The number of hydrogen-bond donors (Lipinski definition) is 2. The number of rotatable bonds is 3. The Morgan fingerprint density at radius 3 is 2.35 bits per heavy atom. The van der Waals surface area contributed by atoms with E-state index in [9.17, 15) is 9.59 Å². The highest BCUT2D eigenvalue weighted by Crippen LogP contribution is 2.21. The maximum atomic E-state index is 12.2. The molecule has 0 aliphatic rings. The summed E-state index contributed by atoms with van der Waals surface area (Å²) >= 11 is 2.20. The molecule has 0 radical (unpaired) electrons. The van der Waals surface area contributed by atoms with Gasteiger partial charge in [0.1, 0.15) is 0 Å². The second-order valence-corrected chi connectivity index (χ2v) is 6.58. The van der Waals surface area contributed by atoms with Crippen LogP contribution in [0.3, 0.4) is 0 Å². The quantitative estimate of drug-likeness (QED) is 0.580. The van der Waals surface area contributed by atoms with Crippen molar-refractivity contribution >= 4 is 45.8 Å². The number of benzene rings is 2. The topological polar surface area (TPSA) is 58.2 Å². The third-order valence-corrected chi connectivity index (χ3v) is 4.29. The van der Waals surface area contributed by atoms with Crippen LogP contribution in [-0.2, 0) is 16.0 Å². The molecule has 0 spiro atoms. The predicted molar refractivity (Wildman–Crippen MR) is 102 cm³/mol. The van der Waals surface area contributed by atoms with Gasteiger partial charge in [0.15, 0.2) is 0 Å². The molecule has 2 amide bonds. The lowest BCUT2D eigenvalue weighted by Crippen LogP contribution is -2.30. The van der Waals surface area contributed by atoms with Crippen LogP contribution in [0.1, 0.15) is 23.6 Å². The van der Waals surface area contributed by atoms with E-state index in [2.05, 4.69) is 33.2 Å². The first kappa shape index (κ1) is 17.5. The van der Waals surface area contributed by atoms with Crippen molar-refractivity contribution in [3.63, 3.8) is 0 Å². The summed E-state index contributed by atoms with van der Waals surface area (Å²) in [4.78, 5) is 24.3. The second-order valence-electron chi connectivity index (χ2n) is 5.33. The summed E-state index contributed by atoms with van der Waals surface area (Å²) in [5.74, 6) is -1.33.